The van der Waals surface area contributed by atoms with Gasteiger partial charge in [-0.1, -0.05) is 61.5 Å². The number of hydrogen-bond donors (Lipinski definition) is 0. The Morgan fingerprint density at radius 3 is 2.70 bits per heavy atom. The topological polar surface area (TPSA) is 12.5 Å². The number of allylic oxidation sites excluding steroid dienone is 3. The molecule has 0 N–H and O–H groups in total. The van der Waals surface area contributed by atoms with Gasteiger partial charge < -0.3 is 9.64 Å². The van der Waals surface area contributed by atoms with Crippen molar-refractivity contribution in [2.24, 2.45) is 11.3 Å². The van der Waals surface area contributed by atoms with E-state index in [-0.39, 0.29) is 16.6 Å². The van der Waals surface area contributed by atoms with Gasteiger partial charge in [-0.3, -0.25) is 0 Å². The molecule has 2 fully saturated rings. The minimum atomic E-state index is -0.0974. The maximum Gasteiger partial charge on any atom is 0.0980 e. The molecular weight excluding hydrogens is 402 g/mol. The molecule has 7 rings (SSSR count). The maximum absolute atomic E-state index is 7.40. The molecule has 2 bridgehead atoms. The van der Waals surface area contributed by atoms with Crippen LogP contribution in [0.15, 0.2) is 71.8 Å². The van der Waals surface area contributed by atoms with Crippen molar-refractivity contribution in [2.45, 2.75) is 69.1 Å². The number of rotatable bonds is 2. The summed E-state index contributed by atoms with van der Waals surface area (Å²) in [5.41, 5.74) is 6.05. The van der Waals surface area contributed by atoms with E-state index in [0.717, 1.165) is 19.3 Å². The van der Waals surface area contributed by atoms with Crippen LogP contribution in [0.1, 0.15) is 57.4 Å². The highest BCUT2D eigenvalue weighted by molar-refractivity contribution is 5.87. The van der Waals surface area contributed by atoms with Crippen LogP contribution in [0.2, 0.25) is 0 Å². The van der Waals surface area contributed by atoms with E-state index in [1.54, 1.807) is 5.57 Å². The minimum absolute atomic E-state index is 0.0194. The van der Waals surface area contributed by atoms with E-state index >= 15 is 0 Å². The summed E-state index contributed by atoms with van der Waals surface area (Å²) in [6.45, 7) is 2.52. The van der Waals surface area contributed by atoms with Gasteiger partial charge in [0.05, 0.1) is 11.2 Å². The summed E-state index contributed by atoms with van der Waals surface area (Å²) in [7, 11) is 4.48. The van der Waals surface area contributed by atoms with Crippen LogP contribution >= 0.6 is 0 Å². The van der Waals surface area contributed by atoms with Gasteiger partial charge >= 0.3 is 0 Å². The van der Waals surface area contributed by atoms with Crippen molar-refractivity contribution >= 4 is 16.3 Å². The van der Waals surface area contributed by atoms with Gasteiger partial charge in [0.2, 0.25) is 0 Å². The summed E-state index contributed by atoms with van der Waals surface area (Å²) in [6.07, 6.45) is 15.9. The van der Waals surface area contributed by atoms with E-state index in [2.05, 4.69) is 86.6 Å². The third kappa shape index (κ3) is 2.63. The van der Waals surface area contributed by atoms with Crippen molar-refractivity contribution in [2.75, 3.05) is 14.1 Å². The summed E-state index contributed by atoms with van der Waals surface area (Å²) in [6, 6.07) is 16.4. The lowest BCUT2D eigenvalue weighted by atomic mass is 9.58. The molecule has 33 heavy (non-hydrogen) atoms. The lowest BCUT2D eigenvalue weighted by Crippen LogP contribution is -2.54. The van der Waals surface area contributed by atoms with Gasteiger partial charge in [0.1, 0.15) is 0 Å². The molecular formula is C31H35NO. The van der Waals surface area contributed by atoms with Crippen LogP contribution in [0.25, 0.3) is 16.3 Å². The van der Waals surface area contributed by atoms with E-state index in [0.29, 0.717) is 12.0 Å². The zero-order valence-electron chi connectivity index (χ0n) is 20.2. The number of nitrogens with zero attached hydrogens (tertiary/aromatic N) is 1. The van der Waals surface area contributed by atoms with Gasteiger partial charge in [-0.15, -0.1) is 0 Å². The monoisotopic (exact) mass is 437 g/mol. The fourth-order valence-electron chi connectivity index (χ4n) is 8.21. The second-order valence-electron chi connectivity index (χ2n) is 11.8. The highest BCUT2D eigenvalue weighted by Crippen LogP contribution is 2.67. The predicted octanol–water partition coefficient (Wildman–Crippen LogP) is 6.92. The summed E-state index contributed by atoms with van der Waals surface area (Å²) in [4.78, 5) is 2.42. The molecule has 2 aliphatic heterocycles. The number of fused-ring (bicyclic) bond motifs is 2. The lowest BCUT2D eigenvalue weighted by molar-refractivity contribution is -0.134. The van der Waals surface area contributed by atoms with E-state index in [1.165, 1.54) is 53.2 Å². The van der Waals surface area contributed by atoms with Crippen LogP contribution in [-0.2, 0) is 4.74 Å². The first-order chi connectivity index (χ1) is 15.9. The van der Waals surface area contributed by atoms with Crippen LogP contribution < -0.4 is 0 Å². The normalized spacial score (nSPS) is 39.0. The van der Waals surface area contributed by atoms with Crippen LogP contribution in [0.4, 0.5) is 0 Å². The van der Waals surface area contributed by atoms with E-state index in [4.69, 9.17) is 4.74 Å². The summed E-state index contributed by atoms with van der Waals surface area (Å²) in [5, 5.41) is 2.66. The van der Waals surface area contributed by atoms with Gasteiger partial charge in [0.25, 0.3) is 0 Å². The highest BCUT2D eigenvalue weighted by atomic mass is 16.5. The van der Waals surface area contributed by atoms with Crippen molar-refractivity contribution in [3.63, 3.8) is 0 Å². The summed E-state index contributed by atoms with van der Waals surface area (Å²) >= 11 is 0. The third-order valence-corrected chi connectivity index (χ3v) is 10.0. The largest absolute Gasteiger partial charge is 0.359 e. The van der Waals surface area contributed by atoms with Crippen molar-refractivity contribution in [3.8, 4) is 0 Å². The molecule has 0 radical (unpaired) electrons. The molecule has 170 valence electrons. The van der Waals surface area contributed by atoms with Crippen LogP contribution in [-0.4, -0.2) is 36.2 Å². The number of benzene rings is 2. The molecule has 2 nitrogen and oxygen atoms in total. The van der Waals surface area contributed by atoms with E-state index in [9.17, 15) is 0 Å². The van der Waals surface area contributed by atoms with Crippen LogP contribution in [0.5, 0.6) is 0 Å². The number of hydrogen-bond acceptors (Lipinski definition) is 2. The number of ether oxygens (including phenoxy) is 1. The second kappa shape index (κ2) is 6.71. The van der Waals surface area contributed by atoms with E-state index < -0.39 is 0 Å². The minimum Gasteiger partial charge on any atom is -0.359 e. The summed E-state index contributed by atoms with van der Waals surface area (Å²) < 4.78 is 7.40. The highest BCUT2D eigenvalue weighted by Gasteiger charge is 2.65. The first-order valence-electron chi connectivity index (χ1n) is 12.9. The quantitative estimate of drug-likeness (QED) is 0.505. The van der Waals surface area contributed by atoms with Gasteiger partial charge in [0, 0.05) is 17.4 Å². The van der Waals surface area contributed by atoms with Gasteiger partial charge in [0.15, 0.2) is 0 Å². The summed E-state index contributed by atoms with van der Waals surface area (Å²) in [5.74, 6) is 0.531. The molecule has 0 aromatic heterocycles. The van der Waals surface area contributed by atoms with Crippen molar-refractivity contribution in [1.82, 2.24) is 4.90 Å². The molecule has 2 spiro atoms. The Balaban J connectivity index is 1.28. The zero-order chi connectivity index (χ0) is 22.4. The average Bonchev–Trinajstić information content (AvgIpc) is 3.33. The molecule has 1 saturated carbocycles. The first kappa shape index (κ1) is 20.2. The van der Waals surface area contributed by atoms with Gasteiger partial charge in [-0.05, 0) is 98.2 Å². The second-order valence-corrected chi connectivity index (χ2v) is 11.8. The zero-order valence-corrected chi connectivity index (χ0v) is 20.2. The molecule has 2 heterocycles. The van der Waals surface area contributed by atoms with Crippen molar-refractivity contribution < 1.29 is 4.74 Å². The SMILES string of the molecule is CN(C)[C@@H]1CCC2=CC3=CC[C@]4(C)C(c5ccc6ccccc6c5)=CC[C@H]4[C@@]34CC[C@]2(C1)O4. The third-order valence-electron chi connectivity index (χ3n) is 10.0. The molecule has 5 aliphatic rings. The van der Waals surface area contributed by atoms with Crippen molar-refractivity contribution in [3.05, 3.63) is 77.4 Å². The van der Waals surface area contributed by atoms with Gasteiger partial charge in [-0.25, -0.2) is 0 Å². The lowest BCUT2D eigenvalue weighted by Gasteiger charge is -2.54. The molecule has 0 amide bonds. The maximum atomic E-state index is 7.40. The standard InChI is InChI=1S/C31H35NO/c1-29-15-14-25-19-24-10-11-26(32(2)3)20-30(24)16-17-31(25,33-30)28(29)13-12-27(29)23-9-8-21-6-4-5-7-22(21)18-23/h4-9,12,14,18-19,26,28H,10-11,13,15-17,20H2,1-3H3/t26-,28-,29-,30-,31-/m1/s1. The molecule has 3 aliphatic carbocycles. The average molecular weight is 438 g/mol. The fourth-order valence-corrected chi connectivity index (χ4v) is 8.21. The molecule has 2 aromatic rings. The Labute approximate surface area is 198 Å². The molecule has 2 heteroatoms. The Bertz CT molecular complexity index is 1250. The predicted molar refractivity (Wildman–Crippen MR) is 136 cm³/mol. The molecule has 1 saturated heterocycles. The fraction of sp³-hybridized carbons (Fsp3) is 0.484. The van der Waals surface area contributed by atoms with E-state index in [1.807, 2.05) is 0 Å². The smallest absolute Gasteiger partial charge is 0.0980 e. The molecule has 2 aromatic carbocycles. The Hall–Kier alpha value is -2.16. The van der Waals surface area contributed by atoms with Crippen LogP contribution in [0.3, 0.4) is 0 Å². The Morgan fingerprint density at radius 1 is 1.00 bits per heavy atom. The van der Waals surface area contributed by atoms with Gasteiger partial charge in [-0.2, -0.15) is 0 Å². The molecule has 0 unspecified atom stereocenters. The Kier molecular flexibility index (Phi) is 4.11. The van der Waals surface area contributed by atoms with Crippen LogP contribution in [0, 0.1) is 11.3 Å². The van der Waals surface area contributed by atoms with Crippen molar-refractivity contribution in [1.29, 1.82) is 0 Å². The molecule has 5 atom stereocenters. The Morgan fingerprint density at radius 2 is 1.85 bits per heavy atom. The first-order valence-corrected chi connectivity index (χ1v) is 12.9.